The molecule has 0 aliphatic rings. The number of aromatic nitrogens is 2. The third-order valence-electron chi connectivity index (χ3n) is 2.67. The molecule has 1 aromatic carbocycles. The summed E-state index contributed by atoms with van der Waals surface area (Å²) < 4.78 is 38.7. The minimum Gasteiger partial charge on any atom is -0.266 e. The molecule has 21 heavy (non-hydrogen) atoms. The Bertz CT molecular complexity index is 695. The van der Waals surface area contributed by atoms with Crippen LogP contribution in [-0.4, -0.2) is 16.9 Å². The van der Waals surface area contributed by atoms with Gasteiger partial charge in [-0.15, -0.1) is 0 Å². The Morgan fingerprint density at radius 2 is 1.86 bits per heavy atom. The zero-order valence-electron chi connectivity index (χ0n) is 10.5. The number of anilines is 1. The molecule has 0 aliphatic heterocycles. The van der Waals surface area contributed by atoms with Crippen molar-refractivity contribution in [1.29, 1.82) is 5.26 Å². The Morgan fingerprint density at radius 3 is 2.29 bits per heavy atom. The Balaban J connectivity index is 2.47. The summed E-state index contributed by atoms with van der Waals surface area (Å²) in [6.07, 6.45) is -1.60. The van der Waals surface area contributed by atoms with Crippen LogP contribution < -0.4 is 5.01 Å². The highest BCUT2D eigenvalue weighted by Crippen LogP contribution is 2.40. The third kappa shape index (κ3) is 3.22. The zero-order chi connectivity index (χ0) is 15.8. The van der Waals surface area contributed by atoms with Gasteiger partial charge < -0.3 is 0 Å². The summed E-state index contributed by atoms with van der Waals surface area (Å²) in [7, 11) is 1.62. The van der Waals surface area contributed by atoms with Gasteiger partial charge in [0.2, 0.25) is 0 Å². The van der Waals surface area contributed by atoms with Gasteiger partial charge in [-0.1, -0.05) is 0 Å². The number of alkyl halides is 3. The Labute approximate surface area is 135 Å². The molecule has 0 aliphatic carbocycles. The largest absolute Gasteiger partial charge is 0.416 e. The summed E-state index contributed by atoms with van der Waals surface area (Å²) in [5.41, 5.74) is 0.0353. The number of rotatable bonds is 2. The highest BCUT2D eigenvalue weighted by atomic mass is 79.9. The van der Waals surface area contributed by atoms with E-state index < -0.39 is 11.7 Å². The SMILES string of the molecule is CN(c1c(Br)cc(C(F)(F)F)cc1Br)n1cc(C#N)cn1. The van der Waals surface area contributed by atoms with E-state index in [9.17, 15) is 13.2 Å². The molecular formula is C12H7Br2F3N4. The average molecular weight is 424 g/mol. The van der Waals surface area contributed by atoms with Crippen molar-refractivity contribution in [2.24, 2.45) is 0 Å². The first-order valence-electron chi connectivity index (χ1n) is 5.49. The lowest BCUT2D eigenvalue weighted by molar-refractivity contribution is -0.137. The van der Waals surface area contributed by atoms with Gasteiger partial charge in [0.25, 0.3) is 0 Å². The second kappa shape index (κ2) is 5.69. The van der Waals surface area contributed by atoms with Gasteiger partial charge in [0, 0.05) is 16.0 Å². The van der Waals surface area contributed by atoms with Gasteiger partial charge in [0.15, 0.2) is 0 Å². The fourth-order valence-corrected chi connectivity index (χ4v) is 3.37. The fourth-order valence-electron chi connectivity index (χ4n) is 1.67. The lowest BCUT2D eigenvalue weighted by atomic mass is 10.2. The van der Waals surface area contributed by atoms with Gasteiger partial charge in [-0.25, -0.2) is 0 Å². The van der Waals surface area contributed by atoms with Crippen LogP contribution in [0.15, 0.2) is 33.5 Å². The van der Waals surface area contributed by atoms with Gasteiger partial charge >= 0.3 is 6.18 Å². The van der Waals surface area contributed by atoms with E-state index in [4.69, 9.17) is 5.26 Å². The molecule has 0 radical (unpaired) electrons. The van der Waals surface area contributed by atoms with Crippen molar-refractivity contribution in [3.63, 3.8) is 0 Å². The first-order valence-corrected chi connectivity index (χ1v) is 7.07. The molecule has 1 heterocycles. The van der Waals surface area contributed by atoms with Crippen molar-refractivity contribution >= 4 is 37.5 Å². The highest BCUT2D eigenvalue weighted by molar-refractivity contribution is 9.11. The van der Waals surface area contributed by atoms with E-state index in [-0.39, 0.29) is 8.95 Å². The lowest BCUT2D eigenvalue weighted by Crippen LogP contribution is -2.26. The lowest BCUT2D eigenvalue weighted by Gasteiger charge is -2.23. The number of halogens is 5. The average Bonchev–Trinajstić information content (AvgIpc) is 2.85. The van der Waals surface area contributed by atoms with E-state index in [2.05, 4.69) is 37.0 Å². The van der Waals surface area contributed by atoms with E-state index in [1.165, 1.54) is 22.2 Å². The first kappa shape index (κ1) is 15.9. The molecule has 0 N–H and O–H groups in total. The molecule has 2 rings (SSSR count). The van der Waals surface area contributed by atoms with Gasteiger partial charge in [0.05, 0.1) is 29.2 Å². The minimum atomic E-state index is -4.43. The molecule has 0 bridgehead atoms. The predicted octanol–water partition coefficient (Wildman–Crippen LogP) is 4.20. The quantitative estimate of drug-likeness (QED) is 0.727. The number of nitriles is 1. The smallest absolute Gasteiger partial charge is 0.266 e. The second-order valence-electron chi connectivity index (χ2n) is 4.07. The molecule has 0 fully saturated rings. The van der Waals surface area contributed by atoms with Crippen LogP contribution in [0.3, 0.4) is 0 Å². The van der Waals surface area contributed by atoms with E-state index in [1.54, 1.807) is 7.05 Å². The standard InChI is InChI=1S/C12H7Br2F3N4/c1-20(21-6-7(4-18)5-19-21)11-9(13)2-8(3-10(11)14)12(15,16)17/h2-3,5-6H,1H3. The molecule has 0 amide bonds. The summed E-state index contributed by atoms with van der Waals surface area (Å²) in [6.45, 7) is 0. The maximum absolute atomic E-state index is 12.7. The second-order valence-corrected chi connectivity index (χ2v) is 5.78. The van der Waals surface area contributed by atoms with Crippen molar-refractivity contribution in [2.45, 2.75) is 6.18 Å². The van der Waals surface area contributed by atoms with E-state index in [0.29, 0.717) is 11.3 Å². The molecule has 2 aromatic rings. The maximum Gasteiger partial charge on any atom is 0.416 e. The van der Waals surface area contributed by atoms with Gasteiger partial charge in [-0.05, 0) is 44.0 Å². The normalized spacial score (nSPS) is 11.3. The van der Waals surface area contributed by atoms with Gasteiger partial charge in [0.1, 0.15) is 6.07 Å². The molecule has 1 aromatic heterocycles. The summed E-state index contributed by atoms with van der Waals surface area (Å²) in [5.74, 6) is 0. The van der Waals surface area contributed by atoms with Gasteiger partial charge in [-0.3, -0.25) is 5.01 Å². The van der Waals surface area contributed by atoms with E-state index in [1.807, 2.05) is 6.07 Å². The molecule has 0 spiro atoms. The van der Waals surface area contributed by atoms with Crippen molar-refractivity contribution in [3.8, 4) is 6.07 Å². The van der Waals surface area contributed by atoms with E-state index >= 15 is 0 Å². The van der Waals surface area contributed by atoms with Crippen LogP contribution in [0, 0.1) is 11.3 Å². The molecule has 0 atom stereocenters. The van der Waals surface area contributed by atoms with Gasteiger partial charge in [-0.2, -0.15) is 28.3 Å². The van der Waals surface area contributed by atoms with Crippen LogP contribution in [0.2, 0.25) is 0 Å². The van der Waals surface area contributed by atoms with Crippen molar-refractivity contribution in [2.75, 3.05) is 12.1 Å². The van der Waals surface area contributed by atoms with E-state index in [0.717, 1.165) is 12.1 Å². The Morgan fingerprint density at radius 1 is 1.29 bits per heavy atom. The van der Waals surface area contributed by atoms with Crippen LogP contribution in [0.25, 0.3) is 0 Å². The predicted molar refractivity (Wildman–Crippen MR) is 77.6 cm³/mol. The highest BCUT2D eigenvalue weighted by Gasteiger charge is 2.32. The number of hydrogen-bond acceptors (Lipinski definition) is 3. The molecule has 4 nitrogen and oxygen atoms in total. The Hall–Kier alpha value is -1.53. The molecular weight excluding hydrogens is 417 g/mol. The first-order chi connectivity index (χ1) is 9.74. The monoisotopic (exact) mass is 422 g/mol. The molecule has 110 valence electrons. The molecule has 0 saturated carbocycles. The fraction of sp³-hybridized carbons (Fsp3) is 0.167. The number of hydrogen-bond donors (Lipinski definition) is 0. The summed E-state index contributed by atoms with van der Waals surface area (Å²) in [6, 6.07) is 3.91. The maximum atomic E-state index is 12.7. The minimum absolute atomic E-state index is 0.251. The zero-order valence-corrected chi connectivity index (χ0v) is 13.7. The summed E-state index contributed by atoms with van der Waals surface area (Å²) in [5, 5.41) is 14.3. The number of benzene rings is 1. The van der Waals surface area contributed by atoms with Crippen molar-refractivity contribution in [1.82, 2.24) is 9.89 Å². The summed E-state index contributed by atoms with van der Waals surface area (Å²) in [4.78, 5) is 1.36. The van der Waals surface area contributed by atoms with Crippen LogP contribution in [0.5, 0.6) is 0 Å². The van der Waals surface area contributed by atoms with Crippen LogP contribution in [-0.2, 0) is 6.18 Å². The third-order valence-corrected chi connectivity index (χ3v) is 3.88. The van der Waals surface area contributed by atoms with Crippen molar-refractivity contribution < 1.29 is 13.2 Å². The van der Waals surface area contributed by atoms with Crippen LogP contribution in [0.1, 0.15) is 11.1 Å². The Kier molecular flexibility index (Phi) is 4.30. The topological polar surface area (TPSA) is 44.9 Å². The number of nitrogens with zero attached hydrogens (tertiary/aromatic N) is 4. The molecule has 9 heteroatoms. The van der Waals surface area contributed by atoms with Crippen LogP contribution >= 0.6 is 31.9 Å². The van der Waals surface area contributed by atoms with Crippen molar-refractivity contribution in [3.05, 3.63) is 44.6 Å². The molecule has 0 saturated heterocycles. The summed E-state index contributed by atoms with van der Waals surface area (Å²) >= 11 is 6.27. The molecule has 0 unspecified atom stereocenters. The van der Waals surface area contributed by atoms with Crippen LogP contribution in [0.4, 0.5) is 18.9 Å².